The molecule has 1 saturated heterocycles. The van der Waals surface area contributed by atoms with E-state index in [1.807, 2.05) is 6.07 Å². The highest BCUT2D eigenvalue weighted by Crippen LogP contribution is 2.32. The lowest BCUT2D eigenvalue weighted by atomic mass is 10.1. The number of anilines is 1. The van der Waals surface area contributed by atoms with Crippen LogP contribution in [0.2, 0.25) is 5.02 Å². The van der Waals surface area contributed by atoms with Gasteiger partial charge in [-0.2, -0.15) is 0 Å². The molecule has 23 heavy (non-hydrogen) atoms. The van der Waals surface area contributed by atoms with E-state index in [4.69, 9.17) is 16.6 Å². The second-order valence-electron chi connectivity index (χ2n) is 6.24. The van der Waals surface area contributed by atoms with E-state index < -0.39 is 0 Å². The van der Waals surface area contributed by atoms with Crippen LogP contribution >= 0.6 is 11.6 Å². The topological polar surface area (TPSA) is 46.8 Å². The molecule has 118 valence electrons. The Labute approximate surface area is 139 Å². The fourth-order valence-electron chi connectivity index (χ4n) is 3.10. The largest absolute Gasteiger partial charge is 0.337 e. The first kappa shape index (κ1) is 14.5. The van der Waals surface area contributed by atoms with Crippen molar-refractivity contribution in [2.24, 2.45) is 0 Å². The van der Waals surface area contributed by atoms with Gasteiger partial charge in [-0.1, -0.05) is 37.6 Å². The fourth-order valence-corrected chi connectivity index (χ4v) is 3.20. The van der Waals surface area contributed by atoms with E-state index >= 15 is 0 Å². The highest BCUT2D eigenvalue weighted by Gasteiger charge is 2.33. The molecule has 0 saturated carbocycles. The Kier molecular flexibility index (Phi) is 3.45. The fraction of sp³-hybridized carbons (Fsp3) is 0.353. The third-order valence-electron chi connectivity index (χ3n) is 4.26. The van der Waals surface area contributed by atoms with Gasteiger partial charge in [0.1, 0.15) is 5.82 Å². The second kappa shape index (κ2) is 5.49. The highest BCUT2D eigenvalue weighted by molar-refractivity contribution is 6.30. The Morgan fingerprint density at radius 1 is 1.13 bits per heavy atom. The molecule has 1 aromatic carbocycles. The molecule has 0 N–H and O–H groups in total. The first-order valence-corrected chi connectivity index (χ1v) is 8.20. The molecule has 1 aliphatic rings. The van der Waals surface area contributed by atoms with Crippen molar-refractivity contribution in [1.82, 2.24) is 19.5 Å². The average Bonchev–Trinajstić information content (AvgIpc) is 2.88. The smallest absolute Gasteiger partial charge is 0.225 e. The van der Waals surface area contributed by atoms with Gasteiger partial charge in [-0.15, -0.1) is 0 Å². The zero-order valence-electron chi connectivity index (χ0n) is 13.1. The Hall–Kier alpha value is -2.14. The zero-order valence-corrected chi connectivity index (χ0v) is 13.9. The Balaban J connectivity index is 1.64. The van der Waals surface area contributed by atoms with Crippen LogP contribution in [0, 0.1) is 0 Å². The van der Waals surface area contributed by atoms with Gasteiger partial charge in [0.05, 0.1) is 34.5 Å². The van der Waals surface area contributed by atoms with Gasteiger partial charge in [-0.3, -0.25) is 0 Å². The normalized spacial score (nSPS) is 15.4. The summed E-state index contributed by atoms with van der Waals surface area (Å²) in [7, 11) is 0. The highest BCUT2D eigenvalue weighted by atomic mass is 35.5. The molecule has 3 aromatic rings. The third-order valence-corrected chi connectivity index (χ3v) is 4.45. The summed E-state index contributed by atoms with van der Waals surface area (Å²) in [6.07, 6.45) is 3.28. The molecule has 0 spiro atoms. The molecule has 0 atom stereocenters. The van der Waals surface area contributed by atoms with Gasteiger partial charge in [0.15, 0.2) is 0 Å². The average molecular weight is 328 g/mol. The van der Waals surface area contributed by atoms with E-state index in [9.17, 15) is 0 Å². The molecule has 5 nitrogen and oxygen atoms in total. The van der Waals surface area contributed by atoms with E-state index in [0.29, 0.717) is 17.0 Å². The number of imidazole rings is 1. The third kappa shape index (κ3) is 2.45. The number of hydrogen-bond donors (Lipinski definition) is 0. The van der Waals surface area contributed by atoms with E-state index in [1.165, 1.54) is 5.52 Å². The van der Waals surface area contributed by atoms with Crippen LogP contribution in [-0.2, 0) is 0 Å². The minimum absolute atomic E-state index is 0.392. The zero-order chi connectivity index (χ0) is 16.0. The van der Waals surface area contributed by atoms with Crippen molar-refractivity contribution in [2.75, 3.05) is 18.0 Å². The predicted octanol–water partition coefficient (Wildman–Crippen LogP) is 3.66. The first-order valence-electron chi connectivity index (χ1n) is 7.83. The monoisotopic (exact) mass is 327 g/mol. The number of benzene rings is 1. The molecule has 6 heteroatoms. The number of para-hydroxylation sites is 2. The molecule has 2 aromatic heterocycles. The molecular weight excluding hydrogens is 310 g/mol. The summed E-state index contributed by atoms with van der Waals surface area (Å²) in [5.41, 5.74) is 2.27. The number of rotatable bonds is 3. The van der Waals surface area contributed by atoms with Crippen molar-refractivity contribution in [3.05, 3.63) is 47.5 Å². The molecule has 3 heterocycles. The SMILES string of the molecule is CC(C)c1nc2ccccc2n1C1CN(c2ncc(Cl)cn2)C1. The summed E-state index contributed by atoms with van der Waals surface area (Å²) in [5, 5.41) is 0.563. The number of halogens is 1. The van der Waals surface area contributed by atoms with Gasteiger partial charge < -0.3 is 9.47 Å². The van der Waals surface area contributed by atoms with Gasteiger partial charge in [0.2, 0.25) is 5.95 Å². The summed E-state index contributed by atoms with van der Waals surface area (Å²) >= 11 is 5.85. The Morgan fingerprint density at radius 2 is 1.83 bits per heavy atom. The number of hydrogen-bond acceptors (Lipinski definition) is 4. The minimum Gasteiger partial charge on any atom is -0.337 e. The maximum absolute atomic E-state index is 5.85. The van der Waals surface area contributed by atoms with E-state index in [-0.39, 0.29) is 0 Å². The lowest BCUT2D eigenvalue weighted by Crippen LogP contribution is -2.49. The van der Waals surface area contributed by atoms with Crippen LogP contribution in [0.3, 0.4) is 0 Å². The maximum Gasteiger partial charge on any atom is 0.225 e. The van der Waals surface area contributed by atoms with E-state index in [0.717, 1.165) is 30.4 Å². The van der Waals surface area contributed by atoms with Crippen LogP contribution in [-0.4, -0.2) is 32.6 Å². The Bertz CT molecular complexity index is 834. The minimum atomic E-state index is 0.392. The van der Waals surface area contributed by atoms with E-state index in [2.05, 4.69) is 51.5 Å². The van der Waals surface area contributed by atoms with Crippen LogP contribution in [0.25, 0.3) is 11.0 Å². The van der Waals surface area contributed by atoms with Crippen molar-refractivity contribution in [3.8, 4) is 0 Å². The lowest BCUT2D eigenvalue weighted by molar-refractivity contribution is 0.387. The maximum atomic E-state index is 5.85. The van der Waals surface area contributed by atoms with Gasteiger partial charge >= 0.3 is 0 Å². The number of fused-ring (bicyclic) bond motifs is 1. The molecular formula is C17H18ClN5. The standard InChI is InChI=1S/C17H18ClN5/c1-11(2)16-21-14-5-3-4-6-15(14)23(16)13-9-22(10-13)17-19-7-12(18)8-20-17/h3-8,11,13H,9-10H2,1-2H3. The van der Waals surface area contributed by atoms with Crippen molar-refractivity contribution in [1.29, 1.82) is 0 Å². The van der Waals surface area contributed by atoms with Crippen molar-refractivity contribution in [2.45, 2.75) is 25.8 Å². The van der Waals surface area contributed by atoms with Crippen molar-refractivity contribution >= 4 is 28.6 Å². The predicted molar refractivity (Wildman–Crippen MR) is 92.1 cm³/mol. The van der Waals surface area contributed by atoms with Crippen LogP contribution in [0.1, 0.15) is 31.6 Å². The summed E-state index contributed by atoms with van der Waals surface area (Å²) in [5.74, 6) is 2.28. The number of nitrogens with zero attached hydrogens (tertiary/aromatic N) is 5. The van der Waals surface area contributed by atoms with Gasteiger partial charge in [-0.05, 0) is 12.1 Å². The van der Waals surface area contributed by atoms with Crippen LogP contribution in [0.5, 0.6) is 0 Å². The summed E-state index contributed by atoms with van der Waals surface area (Å²) in [4.78, 5) is 15.6. The quantitative estimate of drug-likeness (QED) is 0.736. The molecule has 0 unspecified atom stereocenters. The molecule has 4 rings (SSSR count). The second-order valence-corrected chi connectivity index (χ2v) is 6.68. The first-order chi connectivity index (χ1) is 11.1. The molecule has 0 aliphatic carbocycles. The summed E-state index contributed by atoms with van der Waals surface area (Å²) < 4.78 is 2.38. The van der Waals surface area contributed by atoms with E-state index in [1.54, 1.807) is 12.4 Å². The molecule has 0 amide bonds. The molecule has 0 bridgehead atoms. The van der Waals surface area contributed by atoms with Gasteiger partial charge in [-0.25, -0.2) is 15.0 Å². The summed E-state index contributed by atoms with van der Waals surface area (Å²) in [6, 6.07) is 8.74. The molecule has 0 radical (unpaired) electrons. The Morgan fingerprint density at radius 3 is 2.52 bits per heavy atom. The van der Waals surface area contributed by atoms with Gasteiger partial charge in [0.25, 0.3) is 0 Å². The van der Waals surface area contributed by atoms with Crippen LogP contribution < -0.4 is 4.90 Å². The molecule has 1 fully saturated rings. The lowest BCUT2D eigenvalue weighted by Gasteiger charge is -2.41. The van der Waals surface area contributed by atoms with Crippen LogP contribution in [0.15, 0.2) is 36.7 Å². The molecule has 1 aliphatic heterocycles. The van der Waals surface area contributed by atoms with Crippen molar-refractivity contribution in [3.63, 3.8) is 0 Å². The number of aromatic nitrogens is 4. The summed E-state index contributed by atoms with van der Waals surface area (Å²) in [6.45, 7) is 6.16. The van der Waals surface area contributed by atoms with Gasteiger partial charge in [0, 0.05) is 19.0 Å². The van der Waals surface area contributed by atoms with Crippen LogP contribution in [0.4, 0.5) is 5.95 Å². The van der Waals surface area contributed by atoms with Crippen molar-refractivity contribution < 1.29 is 0 Å².